The molecule has 1 amide bonds. The molecule has 0 radical (unpaired) electrons. The van der Waals surface area contributed by atoms with Crippen LogP contribution in [-0.4, -0.2) is 45.6 Å². The van der Waals surface area contributed by atoms with E-state index >= 15 is 0 Å². The minimum Gasteiger partial charge on any atom is -0.396 e. The number of aryl methyl sites for hydroxylation is 2. The first-order valence-electron chi connectivity index (χ1n) is 6.44. The number of likely N-dealkylation sites (N-methyl/N-ethyl adjacent to an activating group) is 1. The van der Waals surface area contributed by atoms with Crippen LogP contribution in [0.1, 0.15) is 30.3 Å². The monoisotopic (exact) mass is 267 g/mol. The Kier molecular flexibility index (Phi) is 5.69. The third kappa shape index (κ3) is 4.17. The van der Waals surface area contributed by atoms with Gasteiger partial charge in [-0.25, -0.2) is 4.79 Å². The van der Waals surface area contributed by atoms with Gasteiger partial charge in [0.25, 0.3) is 0 Å². The number of carbonyl (C=O) groups is 1. The van der Waals surface area contributed by atoms with E-state index in [9.17, 15) is 9.59 Å². The molecule has 6 heteroatoms. The molecule has 0 spiro atoms. The minimum absolute atomic E-state index is 0.0176. The first-order chi connectivity index (χ1) is 8.99. The highest BCUT2D eigenvalue weighted by Gasteiger charge is 2.15. The van der Waals surface area contributed by atoms with E-state index in [4.69, 9.17) is 5.11 Å². The summed E-state index contributed by atoms with van der Waals surface area (Å²) < 4.78 is 0. The van der Waals surface area contributed by atoms with E-state index in [2.05, 4.69) is 9.97 Å². The van der Waals surface area contributed by atoms with Crippen molar-refractivity contribution in [2.45, 2.75) is 33.6 Å². The van der Waals surface area contributed by atoms with E-state index in [0.29, 0.717) is 30.9 Å². The topological polar surface area (TPSA) is 86.3 Å². The number of aromatic nitrogens is 2. The van der Waals surface area contributed by atoms with Gasteiger partial charge >= 0.3 is 5.69 Å². The smallest absolute Gasteiger partial charge is 0.345 e. The Morgan fingerprint density at radius 2 is 2.11 bits per heavy atom. The zero-order chi connectivity index (χ0) is 14.4. The fourth-order valence-corrected chi connectivity index (χ4v) is 2.00. The van der Waals surface area contributed by atoms with E-state index < -0.39 is 0 Å². The largest absolute Gasteiger partial charge is 0.396 e. The maximum Gasteiger partial charge on any atom is 0.345 e. The molecule has 1 heterocycles. The lowest BCUT2D eigenvalue weighted by Crippen LogP contribution is -2.34. The lowest BCUT2D eigenvalue weighted by Gasteiger charge is -2.21. The van der Waals surface area contributed by atoms with Crippen molar-refractivity contribution in [2.75, 3.05) is 19.7 Å². The number of hydrogen-bond donors (Lipinski definition) is 2. The first-order valence-corrected chi connectivity index (χ1v) is 6.44. The molecule has 1 aromatic rings. The van der Waals surface area contributed by atoms with Gasteiger partial charge in [-0.15, -0.1) is 0 Å². The second-order valence-corrected chi connectivity index (χ2v) is 4.46. The van der Waals surface area contributed by atoms with Gasteiger partial charge in [0.2, 0.25) is 5.91 Å². The number of nitrogens with zero attached hydrogens (tertiary/aromatic N) is 2. The van der Waals surface area contributed by atoms with E-state index in [-0.39, 0.29) is 24.6 Å². The molecule has 0 aromatic carbocycles. The normalized spacial score (nSPS) is 10.5. The van der Waals surface area contributed by atoms with Crippen molar-refractivity contribution in [3.05, 3.63) is 27.4 Å². The van der Waals surface area contributed by atoms with Gasteiger partial charge in [-0.05, 0) is 27.2 Å². The molecule has 0 saturated heterocycles. The van der Waals surface area contributed by atoms with Gasteiger partial charge in [0.1, 0.15) is 0 Å². The van der Waals surface area contributed by atoms with Crippen LogP contribution >= 0.6 is 0 Å². The SMILES string of the molecule is CCN(CCCO)C(=O)Cc1c(C)nc(=O)[nH]c1C. The number of amides is 1. The molecule has 1 rings (SSSR count). The highest BCUT2D eigenvalue weighted by molar-refractivity contribution is 5.79. The maximum atomic E-state index is 12.2. The van der Waals surface area contributed by atoms with Crippen molar-refractivity contribution >= 4 is 5.91 Å². The van der Waals surface area contributed by atoms with Crippen LogP contribution < -0.4 is 5.69 Å². The average Bonchev–Trinajstić information content (AvgIpc) is 2.34. The van der Waals surface area contributed by atoms with Crippen LogP contribution in [0.5, 0.6) is 0 Å². The Hall–Kier alpha value is -1.69. The molecule has 106 valence electrons. The zero-order valence-corrected chi connectivity index (χ0v) is 11.7. The number of aliphatic hydroxyl groups excluding tert-OH is 1. The summed E-state index contributed by atoms with van der Waals surface area (Å²) in [5.74, 6) is -0.0176. The summed E-state index contributed by atoms with van der Waals surface area (Å²) >= 11 is 0. The predicted octanol–water partition coefficient (Wildman–Crippen LogP) is 0.160. The number of aromatic amines is 1. The van der Waals surface area contributed by atoms with Crippen molar-refractivity contribution in [3.8, 4) is 0 Å². The van der Waals surface area contributed by atoms with Gasteiger partial charge in [0.05, 0.1) is 6.42 Å². The minimum atomic E-state index is -0.390. The predicted molar refractivity (Wildman–Crippen MR) is 72.0 cm³/mol. The highest BCUT2D eigenvalue weighted by Crippen LogP contribution is 2.09. The maximum absolute atomic E-state index is 12.2. The first kappa shape index (κ1) is 15.4. The molecule has 0 atom stereocenters. The molecule has 2 N–H and O–H groups in total. The van der Waals surface area contributed by atoms with Crippen LogP contribution in [0, 0.1) is 13.8 Å². The van der Waals surface area contributed by atoms with Gasteiger partial charge < -0.3 is 15.0 Å². The fourth-order valence-electron chi connectivity index (χ4n) is 2.00. The van der Waals surface area contributed by atoms with Crippen LogP contribution in [0.2, 0.25) is 0 Å². The van der Waals surface area contributed by atoms with Gasteiger partial charge in [0, 0.05) is 36.6 Å². The Morgan fingerprint density at radius 1 is 1.42 bits per heavy atom. The number of nitrogens with one attached hydrogen (secondary N) is 1. The third-order valence-corrected chi connectivity index (χ3v) is 3.10. The van der Waals surface area contributed by atoms with Gasteiger partial charge in [-0.1, -0.05) is 0 Å². The summed E-state index contributed by atoms with van der Waals surface area (Å²) in [5, 5.41) is 8.81. The molecule has 0 fully saturated rings. The van der Waals surface area contributed by atoms with Gasteiger partial charge in [-0.3, -0.25) is 4.79 Å². The third-order valence-electron chi connectivity index (χ3n) is 3.10. The number of hydrogen-bond acceptors (Lipinski definition) is 4. The van der Waals surface area contributed by atoms with E-state index in [0.717, 1.165) is 5.56 Å². The molecule has 0 aliphatic carbocycles. The van der Waals surface area contributed by atoms with Crippen LogP contribution in [0.4, 0.5) is 0 Å². The Morgan fingerprint density at radius 3 is 2.63 bits per heavy atom. The van der Waals surface area contributed by atoms with Gasteiger partial charge in [0.15, 0.2) is 0 Å². The molecule has 19 heavy (non-hydrogen) atoms. The van der Waals surface area contributed by atoms with Crippen molar-refractivity contribution < 1.29 is 9.90 Å². The molecular formula is C13H21N3O3. The second kappa shape index (κ2) is 7.04. The summed E-state index contributed by atoms with van der Waals surface area (Å²) in [4.78, 5) is 31.5. The summed E-state index contributed by atoms with van der Waals surface area (Å²) in [6, 6.07) is 0. The van der Waals surface area contributed by atoms with Crippen molar-refractivity contribution in [3.63, 3.8) is 0 Å². The molecular weight excluding hydrogens is 246 g/mol. The van der Waals surface area contributed by atoms with Crippen LogP contribution in [0.3, 0.4) is 0 Å². The highest BCUT2D eigenvalue weighted by atomic mass is 16.3. The van der Waals surface area contributed by atoms with Crippen LogP contribution in [0.15, 0.2) is 4.79 Å². The average molecular weight is 267 g/mol. The lowest BCUT2D eigenvalue weighted by molar-refractivity contribution is -0.130. The molecule has 1 aromatic heterocycles. The Labute approximate surface area is 112 Å². The molecule has 0 unspecified atom stereocenters. The zero-order valence-electron chi connectivity index (χ0n) is 11.7. The quantitative estimate of drug-likeness (QED) is 0.768. The number of aliphatic hydroxyl groups is 1. The van der Waals surface area contributed by atoms with Crippen LogP contribution in [0.25, 0.3) is 0 Å². The number of rotatable bonds is 6. The number of H-pyrrole nitrogens is 1. The van der Waals surface area contributed by atoms with Crippen LogP contribution in [-0.2, 0) is 11.2 Å². The summed E-state index contributed by atoms with van der Waals surface area (Å²) in [5.41, 5.74) is 1.66. The molecule has 6 nitrogen and oxygen atoms in total. The Bertz CT molecular complexity index is 470. The molecule has 0 aliphatic heterocycles. The standard InChI is InChI=1S/C13H21N3O3/c1-4-16(6-5-7-17)12(18)8-11-9(2)14-13(19)15-10(11)3/h17H,4-8H2,1-3H3,(H,14,15,19). The van der Waals surface area contributed by atoms with Crippen molar-refractivity contribution in [2.24, 2.45) is 0 Å². The van der Waals surface area contributed by atoms with Gasteiger partial charge in [-0.2, -0.15) is 4.98 Å². The molecule has 0 aliphatic rings. The van der Waals surface area contributed by atoms with E-state index in [1.54, 1.807) is 18.7 Å². The van der Waals surface area contributed by atoms with Crippen molar-refractivity contribution in [1.29, 1.82) is 0 Å². The summed E-state index contributed by atoms with van der Waals surface area (Å²) in [6.45, 7) is 6.62. The summed E-state index contributed by atoms with van der Waals surface area (Å²) in [6.07, 6.45) is 0.794. The van der Waals surface area contributed by atoms with E-state index in [1.165, 1.54) is 0 Å². The molecule has 0 saturated carbocycles. The molecule has 0 bridgehead atoms. The second-order valence-electron chi connectivity index (χ2n) is 4.46. The van der Waals surface area contributed by atoms with Crippen molar-refractivity contribution in [1.82, 2.24) is 14.9 Å². The Balaban J connectivity index is 2.84. The van der Waals surface area contributed by atoms with E-state index in [1.807, 2.05) is 6.92 Å². The fraction of sp³-hybridized carbons (Fsp3) is 0.615. The summed E-state index contributed by atoms with van der Waals surface area (Å²) in [7, 11) is 0. The number of carbonyl (C=O) groups excluding carboxylic acids is 1. The lowest BCUT2D eigenvalue weighted by atomic mass is 10.1.